The van der Waals surface area contributed by atoms with E-state index in [1.807, 2.05) is 7.05 Å². The summed E-state index contributed by atoms with van der Waals surface area (Å²) in [6.45, 7) is 4.15. The zero-order valence-corrected chi connectivity index (χ0v) is 16.6. The Kier molecular flexibility index (Phi) is 6.24. The second-order valence-electron chi connectivity index (χ2n) is 6.33. The van der Waals surface area contributed by atoms with Crippen molar-refractivity contribution in [3.8, 4) is 0 Å². The molecule has 0 aliphatic carbocycles. The Hall–Kier alpha value is -2.84. The number of benzene rings is 2. The van der Waals surface area contributed by atoms with Gasteiger partial charge in [-0.1, -0.05) is 59.7 Å². The predicted molar refractivity (Wildman–Crippen MR) is 109 cm³/mol. The Bertz CT molecular complexity index is 955. The molecule has 0 bridgehead atoms. The zero-order chi connectivity index (χ0) is 20.2. The van der Waals surface area contributed by atoms with Gasteiger partial charge in [-0.15, -0.1) is 0 Å². The minimum atomic E-state index is -3.67. The molecule has 0 radical (unpaired) electrons. The first-order chi connectivity index (χ1) is 12.5. The Balaban J connectivity index is 0.000000465. The van der Waals surface area contributed by atoms with Crippen LogP contribution in [0.25, 0.3) is 11.4 Å². The van der Waals surface area contributed by atoms with Gasteiger partial charge in [-0.25, -0.2) is 4.99 Å². The molecule has 2 aromatic rings. The average Bonchev–Trinajstić information content (AvgIpc) is 2.57. The van der Waals surface area contributed by atoms with E-state index in [4.69, 9.17) is 10.3 Å². The summed E-state index contributed by atoms with van der Waals surface area (Å²) in [4.78, 5) is 4.58. The Labute approximate surface area is 159 Å². The lowest BCUT2D eigenvalue weighted by Crippen LogP contribution is -2.45. The monoisotopic (exact) mass is 388 g/mol. The Morgan fingerprint density at radius 2 is 1.37 bits per heavy atom. The number of nitrogens with zero attached hydrogens (tertiary/aromatic N) is 2. The lowest BCUT2D eigenvalue weighted by Gasteiger charge is -2.28. The van der Waals surface area contributed by atoms with E-state index in [0.717, 1.165) is 22.5 Å². The molecule has 0 saturated carbocycles. The number of guanidine groups is 1. The fourth-order valence-electron chi connectivity index (χ4n) is 2.37. The third-order valence-electron chi connectivity index (χ3n) is 3.75. The summed E-state index contributed by atoms with van der Waals surface area (Å²) in [5.41, 5.74) is 15.7. The van der Waals surface area contributed by atoms with Crippen molar-refractivity contribution >= 4 is 27.5 Å². The van der Waals surface area contributed by atoms with Crippen molar-refractivity contribution in [3.63, 3.8) is 0 Å². The third kappa shape index (κ3) is 6.12. The van der Waals surface area contributed by atoms with E-state index in [2.05, 4.69) is 72.8 Å². The third-order valence-corrected chi connectivity index (χ3v) is 3.75. The van der Waals surface area contributed by atoms with Gasteiger partial charge in [-0.3, -0.25) is 15.0 Å². The van der Waals surface area contributed by atoms with Crippen LogP contribution in [0, 0.1) is 13.8 Å². The highest BCUT2D eigenvalue weighted by Gasteiger charge is 2.19. The molecule has 0 unspecified atom stereocenters. The molecule has 144 valence electrons. The van der Waals surface area contributed by atoms with Crippen molar-refractivity contribution in [3.05, 3.63) is 70.8 Å². The van der Waals surface area contributed by atoms with Crippen molar-refractivity contribution < 1.29 is 13.0 Å². The van der Waals surface area contributed by atoms with Crippen LogP contribution in [0.3, 0.4) is 0 Å². The molecule has 0 spiro atoms. The summed E-state index contributed by atoms with van der Waals surface area (Å²) in [7, 11) is -1.81. The van der Waals surface area contributed by atoms with Crippen LogP contribution in [0.2, 0.25) is 0 Å². The van der Waals surface area contributed by atoms with Gasteiger partial charge in [0.15, 0.2) is 0 Å². The van der Waals surface area contributed by atoms with Gasteiger partial charge in [-0.2, -0.15) is 8.42 Å². The van der Waals surface area contributed by atoms with Crippen LogP contribution in [0.5, 0.6) is 0 Å². The topological polar surface area (TPSA) is 108 Å². The van der Waals surface area contributed by atoms with Gasteiger partial charge in [0.2, 0.25) is 5.96 Å². The van der Waals surface area contributed by atoms with Crippen LogP contribution in [0.15, 0.2) is 53.5 Å². The molecular weight excluding hydrogens is 364 g/mol. The van der Waals surface area contributed by atoms with Crippen molar-refractivity contribution in [2.24, 2.45) is 10.7 Å². The second kappa shape index (κ2) is 8.24. The van der Waals surface area contributed by atoms with Gasteiger partial charge in [0.1, 0.15) is 0 Å². The number of aryl methyl sites for hydroxylation is 2. The number of hydrazine groups is 1. The van der Waals surface area contributed by atoms with Crippen LogP contribution in [0.1, 0.15) is 22.3 Å². The molecule has 0 fully saturated rings. The van der Waals surface area contributed by atoms with E-state index < -0.39 is 10.1 Å². The molecule has 4 N–H and O–H groups in total. The van der Waals surface area contributed by atoms with Gasteiger partial charge in [-0.05, 0) is 13.8 Å². The summed E-state index contributed by atoms with van der Waals surface area (Å²) in [6, 6.07) is 16.7. The second-order valence-corrected chi connectivity index (χ2v) is 7.80. The van der Waals surface area contributed by atoms with E-state index >= 15 is 0 Å². The summed E-state index contributed by atoms with van der Waals surface area (Å²) >= 11 is 0. The molecule has 0 saturated heterocycles. The molecule has 8 heteroatoms. The van der Waals surface area contributed by atoms with Gasteiger partial charge in [0.25, 0.3) is 10.1 Å². The Morgan fingerprint density at radius 1 is 0.963 bits per heavy atom. The highest BCUT2D eigenvalue weighted by Crippen LogP contribution is 2.28. The maximum absolute atomic E-state index is 9.19. The van der Waals surface area contributed by atoms with Gasteiger partial charge in [0.05, 0.1) is 17.6 Å². The largest absolute Gasteiger partial charge is 0.368 e. The minimum absolute atomic E-state index is 0.450. The summed E-state index contributed by atoms with van der Waals surface area (Å²) in [5.74, 6) is 0.450. The van der Waals surface area contributed by atoms with E-state index in [1.165, 1.54) is 11.1 Å². The molecule has 7 nitrogen and oxygen atoms in total. The number of nitrogens with one attached hydrogen (secondary N) is 1. The van der Waals surface area contributed by atoms with Crippen LogP contribution in [-0.4, -0.2) is 37.2 Å². The first kappa shape index (κ1) is 20.5. The van der Waals surface area contributed by atoms with Crippen molar-refractivity contribution in [2.75, 3.05) is 13.3 Å². The molecule has 1 aliphatic heterocycles. The smallest absolute Gasteiger partial charge is 0.261 e. The normalized spacial score (nSPS) is 14.1. The van der Waals surface area contributed by atoms with Crippen LogP contribution >= 0.6 is 0 Å². The van der Waals surface area contributed by atoms with Crippen molar-refractivity contribution in [1.29, 1.82) is 0 Å². The minimum Gasteiger partial charge on any atom is -0.368 e. The van der Waals surface area contributed by atoms with E-state index in [1.54, 1.807) is 5.01 Å². The fraction of sp³-hybridized carbons (Fsp3) is 0.211. The highest BCUT2D eigenvalue weighted by molar-refractivity contribution is 7.85. The van der Waals surface area contributed by atoms with E-state index in [9.17, 15) is 8.42 Å². The first-order valence-corrected chi connectivity index (χ1v) is 10.0. The summed E-state index contributed by atoms with van der Waals surface area (Å²) in [5, 5.41) is 1.73. The lowest BCUT2D eigenvalue weighted by molar-refractivity contribution is 0.435. The maximum Gasteiger partial charge on any atom is 0.261 e. The summed E-state index contributed by atoms with van der Waals surface area (Å²) in [6.07, 6.45) is 0.715. The molecule has 0 atom stereocenters. The molecule has 1 aliphatic rings. The highest BCUT2D eigenvalue weighted by atomic mass is 32.2. The van der Waals surface area contributed by atoms with Crippen molar-refractivity contribution in [1.82, 2.24) is 10.4 Å². The van der Waals surface area contributed by atoms with E-state index in [-0.39, 0.29) is 0 Å². The standard InChI is InChI=1S/C18H20N4.CH4O3S/c1-12-4-8-14(9-5-12)16-17(21-22(3)18(19)20-16)15-10-6-13(2)7-11-15;1-5(2,3)4/h4-11,21H,1-3H3,(H2,19,20);1H3,(H,2,3,4). The molecule has 27 heavy (non-hydrogen) atoms. The number of hydrogen-bond acceptors (Lipinski definition) is 6. The van der Waals surface area contributed by atoms with Gasteiger partial charge in [0, 0.05) is 18.2 Å². The Morgan fingerprint density at radius 3 is 1.81 bits per heavy atom. The van der Waals surface area contributed by atoms with Gasteiger partial charge >= 0.3 is 0 Å². The first-order valence-electron chi connectivity index (χ1n) is 8.20. The predicted octanol–water partition coefficient (Wildman–Crippen LogP) is 2.40. The molecule has 0 amide bonds. The lowest BCUT2D eigenvalue weighted by atomic mass is 10.0. The average molecular weight is 388 g/mol. The fourth-order valence-corrected chi connectivity index (χ4v) is 2.37. The maximum atomic E-state index is 9.19. The van der Waals surface area contributed by atoms with Crippen LogP contribution in [-0.2, 0) is 10.1 Å². The van der Waals surface area contributed by atoms with Crippen LogP contribution in [0.4, 0.5) is 0 Å². The van der Waals surface area contributed by atoms with Crippen molar-refractivity contribution in [2.45, 2.75) is 13.8 Å². The molecule has 3 rings (SSSR count). The van der Waals surface area contributed by atoms with E-state index in [0.29, 0.717) is 12.2 Å². The SMILES string of the molecule is CS(=O)(=O)O.Cc1ccc(C2=C(c3ccc(C)cc3)NN(C)C(N)=N2)cc1. The molecule has 2 aromatic carbocycles. The quantitative estimate of drug-likeness (QED) is 0.682. The number of hydrogen-bond donors (Lipinski definition) is 3. The number of aliphatic imine (C=N–C) groups is 1. The molecular formula is C19H24N4O3S. The summed E-state index contributed by atoms with van der Waals surface area (Å²) < 4.78 is 25.9. The molecule has 0 aromatic heterocycles. The molecule has 1 heterocycles. The number of nitrogens with two attached hydrogens (primary N) is 1. The van der Waals surface area contributed by atoms with Crippen LogP contribution < -0.4 is 11.2 Å². The van der Waals surface area contributed by atoms with Gasteiger partial charge < -0.3 is 5.73 Å². The number of rotatable bonds is 2. The zero-order valence-electron chi connectivity index (χ0n) is 15.8.